The Morgan fingerprint density at radius 1 is 1.25 bits per heavy atom. The van der Waals surface area contributed by atoms with Crippen LogP contribution in [-0.4, -0.2) is 52.5 Å². The molecule has 1 amide bonds. The normalized spacial score (nSPS) is 18.8. The molecular weight excluding hydrogens is 304 g/mol. The minimum absolute atomic E-state index is 0.0399. The highest BCUT2D eigenvalue weighted by atomic mass is 16.5. The Bertz CT molecular complexity index is 720. The van der Waals surface area contributed by atoms with E-state index >= 15 is 0 Å². The van der Waals surface area contributed by atoms with Gasteiger partial charge < -0.3 is 9.42 Å². The Morgan fingerprint density at radius 3 is 2.58 bits per heavy atom. The zero-order valence-corrected chi connectivity index (χ0v) is 14.7. The molecule has 0 aliphatic carbocycles. The molecule has 128 valence electrons. The molecule has 1 saturated heterocycles. The maximum Gasteiger partial charge on any atom is 0.245 e. The van der Waals surface area contributed by atoms with Gasteiger partial charge in [-0.15, -0.1) is 0 Å². The minimum atomic E-state index is -0.0399. The average molecular weight is 328 g/mol. The van der Waals surface area contributed by atoms with Gasteiger partial charge in [-0.2, -0.15) is 4.98 Å². The van der Waals surface area contributed by atoms with E-state index in [0.717, 1.165) is 18.7 Å². The monoisotopic (exact) mass is 328 g/mol. The van der Waals surface area contributed by atoms with Gasteiger partial charge in [0.2, 0.25) is 11.8 Å². The molecular formula is C18H24N4O2. The summed E-state index contributed by atoms with van der Waals surface area (Å²) >= 11 is 0. The van der Waals surface area contributed by atoms with Gasteiger partial charge >= 0.3 is 0 Å². The van der Waals surface area contributed by atoms with Crippen molar-refractivity contribution in [3.05, 3.63) is 46.6 Å². The van der Waals surface area contributed by atoms with Crippen LogP contribution in [0.25, 0.3) is 0 Å². The molecule has 1 aliphatic rings. The van der Waals surface area contributed by atoms with Crippen molar-refractivity contribution in [2.75, 3.05) is 26.7 Å². The molecule has 6 heteroatoms. The number of carbonyl (C=O) groups is 1. The molecule has 1 fully saturated rings. The fraction of sp³-hybridized carbons (Fsp3) is 0.500. The quantitative estimate of drug-likeness (QED) is 0.863. The van der Waals surface area contributed by atoms with E-state index in [2.05, 4.69) is 41.0 Å². The van der Waals surface area contributed by atoms with E-state index < -0.39 is 0 Å². The third-order valence-corrected chi connectivity index (χ3v) is 4.80. The van der Waals surface area contributed by atoms with Crippen molar-refractivity contribution in [1.82, 2.24) is 19.9 Å². The third kappa shape index (κ3) is 3.33. The number of amides is 1. The Labute approximate surface area is 142 Å². The van der Waals surface area contributed by atoms with Gasteiger partial charge in [0.25, 0.3) is 0 Å². The number of aromatic nitrogens is 2. The van der Waals surface area contributed by atoms with E-state index in [1.54, 1.807) is 6.92 Å². The summed E-state index contributed by atoms with van der Waals surface area (Å²) in [6.45, 7) is 8.03. The number of hydrogen-bond donors (Lipinski definition) is 0. The van der Waals surface area contributed by atoms with Gasteiger partial charge in [0.05, 0.1) is 6.42 Å². The molecule has 24 heavy (non-hydrogen) atoms. The first-order valence-corrected chi connectivity index (χ1v) is 8.29. The molecule has 0 spiro atoms. The fourth-order valence-corrected chi connectivity index (χ4v) is 3.21. The lowest BCUT2D eigenvalue weighted by Gasteiger charge is -2.37. The van der Waals surface area contributed by atoms with Crippen LogP contribution in [0.5, 0.6) is 0 Å². The largest absolute Gasteiger partial charge is 0.339 e. The molecule has 3 rings (SSSR count). The van der Waals surface area contributed by atoms with Crippen molar-refractivity contribution in [3.63, 3.8) is 0 Å². The van der Waals surface area contributed by atoms with Crippen molar-refractivity contribution in [2.45, 2.75) is 33.2 Å². The summed E-state index contributed by atoms with van der Waals surface area (Å²) in [6.07, 6.45) is 0.442. The highest BCUT2D eigenvalue weighted by Gasteiger charge is 2.32. The molecule has 0 saturated carbocycles. The predicted octanol–water partition coefficient (Wildman–Crippen LogP) is 2.05. The number of nitrogens with zero attached hydrogens (tertiary/aromatic N) is 4. The number of piperazine rings is 1. The molecule has 6 nitrogen and oxygen atoms in total. The van der Waals surface area contributed by atoms with Crippen molar-refractivity contribution >= 4 is 5.91 Å². The number of benzene rings is 1. The Kier molecular flexibility index (Phi) is 4.66. The molecule has 0 bridgehead atoms. The second-order valence-corrected chi connectivity index (χ2v) is 6.56. The fourth-order valence-electron chi connectivity index (χ4n) is 3.21. The van der Waals surface area contributed by atoms with Crippen molar-refractivity contribution in [3.8, 4) is 0 Å². The van der Waals surface area contributed by atoms with Gasteiger partial charge in [0.1, 0.15) is 6.04 Å². The first-order valence-electron chi connectivity index (χ1n) is 8.29. The van der Waals surface area contributed by atoms with E-state index in [-0.39, 0.29) is 11.9 Å². The first kappa shape index (κ1) is 16.6. The molecule has 1 aromatic carbocycles. The summed E-state index contributed by atoms with van der Waals surface area (Å²) in [7, 11) is 2.03. The zero-order chi connectivity index (χ0) is 17.3. The van der Waals surface area contributed by atoms with E-state index in [4.69, 9.17) is 4.52 Å². The highest BCUT2D eigenvalue weighted by molar-refractivity contribution is 5.79. The maximum absolute atomic E-state index is 12.8. The summed E-state index contributed by atoms with van der Waals surface area (Å²) in [4.78, 5) is 21.2. The first-order chi connectivity index (χ1) is 11.5. The number of rotatable bonds is 3. The van der Waals surface area contributed by atoms with Crippen molar-refractivity contribution < 1.29 is 9.32 Å². The maximum atomic E-state index is 12.8. The number of aryl methyl sites for hydroxylation is 3. The van der Waals surface area contributed by atoms with Gasteiger partial charge in [-0.25, -0.2) is 0 Å². The van der Waals surface area contributed by atoms with E-state index in [0.29, 0.717) is 24.7 Å². The Balaban J connectivity index is 1.73. The Morgan fingerprint density at radius 2 is 1.96 bits per heavy atom. The van der Waals surface area contributed by atoms with Gasteiger partial charge in [-0.3, -0.25) is 9.69 Å². The second-order valence-electron chi connectivity index (χ2n) is 6.56. The van der Waals surface area contributed by atoms with Gasteiger partial charge in [0, 0.05) is 19.6 Å². The lowest BCUT2D eigenvalue weighted by Crippen LogP contribution is -2.49. The molecule has 2 aromatic rings. The predicted molar refractivity (Wildman–Crippen MR) is 90.6 cm³/mol. The average Bonchev–Trinajstić information content (AvgIpc) is 2.97. The van der Waals surface area contributed by atoms with Crippen LogP contribution in [0.15, 0.2) is 22.7 Å². The van der Waals surface area contributed by atoms with E-state index in [9.17, 15) is 4.79 Å². The summed E-state index contributed by atoms with van der Waals surface area (Å²) in [5.74, 6) is 1.36. The van der Waals surface area contributed by atoms with Crippen LogP contribution in [0.1, 0.15) is 34.4 Å². The van der Waals surface area contributed by atoms with Crippen molar-refractivity contribution in [1.29, 1.82) is 0 Å². The molecule has 1 atom stereocenters. The highest BCUT2D eigenvalue weighted by Crippen LogP contribution is 2.24. The van der Waals surface area contributed by atoms with Crippen LogP contribution in [0.3, 0.4) is 0 Å². The number of carbonyl (C=O) groups excluding carboxylic acids is 1. The molecule has 1 aliphatic heterocycles. The summed E-state index contributed by atoms with van der Waals surface area (Å²) < 4.78 is 5.32. The minimum Gasteiger partial charge on any atom is -0.339 e. The van der Waals surface area contributed by atoms with Gasteiger partial charge in [-0.1, -0.05) is 23.4 Å². The van der Waals surface area contributed by atoms with Crippen LogP contribution in [-0.2, 0) is 11.2 Å². The zero-order valence-electron chi connectivity index (χ0n) is 14.7. The summed E-state index contributed by atoms with van der Waals surface area (Å²) in [5, 5.41) is 3.87. The lowest BCUT2D eigenvalue weighted by molar-refractivity contribution is -0.133. The summed E-state index contributed by atoms with van der Waals surface area (Å²) in [6, 6.07) is 6.11. The second kappa shape index (κ2) is 6.73. The molecule has 0 radical (unpaired) electrons. The lowest BCUT2D eigenvalue weighted by atomic mass is 9.99. The third-order valence-electron chi connectivity index (χ3n) is 4.80. The van der Waals surface area contributed by atoms with Crippen LogP contribution < -0.4 is 0 Å². The van der Waals surface area contributed by atoms with E-state index in [1.165, 1.54) is 11.1 Å². The van der Waals surface area contributed by atoms with Crippen LogP contribution in [0, 0.1) is 20.8 Å². The van der Waals surface area contributed by atoms with Crippen LogP contribution in [0.4, 0.5) is 0 Å². The molecule has 0 unspecified atom stereocenters. The SMILES string of the molecule is Cc1noc([C@@H]2CN(C(=O)Cc3c(C)cccc3C)CCN2C)n1. The molecule has 0 N–H and O–H groups in total. The van der Waals surface area contributed by atoms with Crippen LogP contribution in [0.2, 0.25) is 0 Å². The van der Waals surface area contributed by atoms with Gasteiger partial charge in [0.15, 0.2) is 5.82 Å². The molecule has 2 heterocycles. The van der Waals surface area contributed by atoms with E-state index in [1.807, 2.05) is 18.0 Å². The van der Waals surface area contributed by atoms with Gasteiger partial charge in [-0.05, 0) is 44.5 Å². The standard InChI is InChI=1S/C18H24N4O2/c1-12-6-5-7-13(2)15(12)10-17(23)22-9-8-21(4)16(11-22)18-19-14(3)20-24-18/h5-7,16H,8-11H2,1-4H3/t16-/m0/s1. The topological polar surface area (TPSA) is 62.5 Å². The summed E-state index contributed by atoms with van der Waals surface area (Å²) in [5.41, 5.74) is 3.47. The molecule has 1 aromatic heterocycles. The van der Waals surface area contributed by atoms with Crippen molar-refractivity contribution in [2.24, 2.45) is 0 Å². The number of likely N-dealkylation sites (N-methyl/N-ethyl adjacent to an activating group) is 1. The smallest absolute Gasteiger partial charge is 0.245 e. The Hall–Kier alpha value is -2.21. The van der Waals surface area contributed by atoms with Crippen LogP contribution >= 0.6 is 0 Å². The number of hydrogen-bond acceptors (Lipinski definition) is 5.